The van der Waals surface area contributed by atoms with Crippen LogP contribution in [0.3, 0.4) is 0 Å². The van der Waals surface area contributed by atoms with Crippen LogP contribution in [0.15, 0.2) is 21.5 Å². The lowest BCUT2D eigenvalue weighted by Crippen LogP contribution is -2.38. The standard InChI is InChI=1S/C14H23BrN2O2S2/c1-5-12(9-20-4)17(3)21(18,19)13-7-11(8-16)6-10(2)14(13)15/h6-7,12H,5,8-9,16H2,1-4H3. The van der Waals surface area contributed by atoms with Crippen LogP contribution in [0.25, 0.3) is 0 Å². The van der Waals surface area contributed by atoms with Gasteiger partial charge in [-0.2, -0.15) is 16.1 Å². The van der Waals surface area contributed by atoms with Crippen LogP contribution < -0.4 is 5.73 Å². The fraction of sp³-hybridized carbons (Fsp3) is 0.571. The summed E-state index contributed by atoms with van der Waals surface area (Å²) in [6.45, 7) is 4.20. The van der Waals surface area contributed by atoms with E-state index in [4.69, 9.17) is 5.73 Å². The lowest BCUT2D eigenvalue weighted by molar-refractivity contribution is 0.385. The second-order valence-electron chi connectivity index (χ2n) is 4.97. The van der Waals surface area contributed by atoms with Gasteiger partial charge in [0, 0.05) is 29.9 Å². The van der Waals surface area contributed by atoms with Crippen molar-refractivity contribution >= 4 is 37.7 Å². The van der Waals surface area contributed by atoms with Gasteiger partial charge in [-0.1, -0.05) is 13.0 Å². The summed E-state index contributed by atoms with van der Waals surface area (Å²) in [6, 6.07) is 3.55. The molecular weight excluding hydrogens is 372 g/mol. The van der Waals surface area contributed by atoms with Crippen molar-refractivity contribution < 1.29 is 8.42 Å². The number of nitrogens with two attached hydrogens (primary N) is 1. The molecule has 1 aromatic rings. The Morgan fingerprint density at radius 3 is 2.52 bits per heavy atom. The van der Waals surface area contributed by atoms with Crippen molar-refractivity contribution in [3.05, 3.63) is 27.7 Å². The van der Waals surface area contributed by atoms with Gasteiger partial charge in [-0.05, 0) is 52.7 Å². The van der Waals surface area contributed by atoms with Crippen molar-refractivity contribution in [2.24, 2.45) is 5.73 Å². The van der Waals surface area contributed by atoms with Crippen LogP contribution in [0.1, 0.15) is 24.5 Å². The Bertz CT molecular complexity index is 591. The zero-order chi connectivity index (χ0) is 16.2. The Balaban J connectivity index is 3.33. The quantitative estimate of drug-likeness (QED) is 0.771. The molecule has 0 spiro atoms. The molecule has 2 N–H and O–H groups in total. The molecule has 0 aliphatic carbocycles. The minimum absolute atomic E-state index is 0.0151. The molecule has 0 amide bonds. The molecule has 0 heterocycles. The maximum atomic E-state index is 12.9. The highest BCUT2D eigenvalue weighted by molar-refractivity contribution is 9.10. The van der Waals surface area contributed by atoms with Crippen LogP contribution in [0.2, 0.25) is 0 Å². The second-order valence-corrected chi connectivity index (χ2v) is 8.64. The molecule has 1 unspecified atom stereocenters. The number of hydrogen-bond donors (Lipinski definition) is 1. The maximum absolute atomic E-state index is 12.9. The van der Waals surface area contributed by atoms with Gasteiger partial charge in [0.05, 0.1) is 4.90 Å². The molecule has 120 valence electrons. The molecule has 0 fully saturated rings. The summed E-state index contributed by atoms with van der Waals surface area (Å²) in [4.78, 5) is 0.296. The molecule has 1 aromatic carbocycles. The van der Waals surface area contributed by atoms with E-state index in [1.165, 1.54) is 4.31 Å². The fourth-order valence-electron chi connectivity index (χ4n) is 2.14. The summed E-state index contributed by atoms with van der Waals surface area (Å²) in [5, 5.41) is 0. The van der Waals surface area contributed by atoms with Gasteiger partial charge in [0.25, 0.3) is 0 Å². The monoisotopic (exact) mass is 394 g/mol. The average molecular weight is 395 g/mol. The molecule has 0 bridgehead atoms. The number of rotatable bonds is 7. The van der Waals surface area contributed by atoms with Crippen LogP contribution >= 0.6 is 27.7 Å². The molecule has 1 atom stereocenters. The third-order valence-electron chi connectivity index (χ3n) is 3.52. The first-order valence-electron chi connectivity index (χ1n) is 6.75. The van der Waals surface area contributed by atoms with Crippen molar-refractivity contribution in [2.45, 2.75) is 37.8 Å². The summed E-state index contributed by atoms with van der Waals surface area (Å²) in [5.74, 6) is 0.777. The Kier molecular flexibility index (Phi) is 7.19. The number of hydrogen-bond acceptors (Lipinski definition) is 4. The summed E-state index contributed by atoms with van der Waals surface area (Å²) in [5.41, 5.74) is 7.36. The van der Waals surface area contributed by atoms with Gasteiger partial charge in [-0.25, -0.2) is 8.42 Å². The van der Waals surface area contributed by atoms with Crippen LogP contribution in [0.4, 0.5) is 0 Å². The summed E-state index contributed by atoms with van der Waals surface area (Å²) in [7, 11) is -1.89. The van der Waals surface area contributed by atoms with E-state index in [1.54, 1.807) is 24.9 Å². The fourth-order valence-corrected chi connectivity index (χ4v) is 5.53. The van der Waals surface area contributed by atoms with Crippen LogP contribution in [0, 0.1) is 6.92 Å². The van der Waals surface area contributed by atoms with E-state index in [0.29, 0.717) is 15.9 Å². The molecule has 21 heavy (non-hydrogen) atoms. The highest BCUT2D eigenvalue weighted by Crippen LogP contribution is 2.30. The molecule has 4 nitrogen and oxygen atoms in total. The number of thioether (sulfide) groups is 1. The van der Waals surface area contributed by atoms with Crippen LogP contribution in [0.5, 0.6) is 0 Å². The molecule has 0 aliphatic rings. The van der Waals surface area contributed by atoms with Crippen molar-refractivity contribution in [1.82, 2.24) is 4.31 Å². The highest BCUT2D eigenvalue weighted by Gasteiger charge is 2.29. The number of nitrogens with zero attached hydrogens (tertiary/aromatic N) is 1. The van der Waals surface area contributed by atoms with Crippen molar-refractivity contribution in [3.8, 4) is 0 Å². The molecule has 0 radical (unpaired) electrons. The van der Waals surface area contributed by atoms with Gasteiger partial charge < -0.3 is 5.73 Å². The number of benzene rings is 1. The van der Waals surface area contributed by atoms with Crippen molar-refractivity contribution in [2.75, 3.05) is 19.1 Å². The van der Waals surface area contributed by atoms with E-state index in [9.17, 15) is 8.42 Å². The first-order chi connectivity index (χ1) is 9.79. The zero-order valence-electron chi connectivity index (χ0n) is 12.9. The summed E-state index contributed by atoms with van der Waals surface area (Å²) < 4.78 is 27.9. The zero-order valence-corrected chi connectivity index (χ0v) is 16.1. The normalized spacial score (nSPS) is 13.7. The maximum Gasteiger partial charge on any atom is 0.244 e. The smallest absolute Gasteiger partial charge is 0.244 e. The first-order valence-corrected chi connectivity index (χ1v) is 10.4. The van der Waals surface area contributed by atoms with Gasteiger partial charge >= 0.3 is 0 Å². The Morgan fingerprint density at radius 1 is 1.43 bits per heavy atom. The van der Waals surface area contributed by atoms with Crippen molar-refractivity contribution in [3.63, 3.8) is 0 Å². The van der Waals surface area contributed by atoms with E-state index in [-0.39, 0.29) is 6.04 Å². The average Bonchev–Trinajstić information content (AvgIpc) is 2.46. The molecule has 1 rings (SSSR count). The van der Waals surface area contributed by atoms with Crippen LogP contribution in [-0.4, -0.2) is 37.8 Å². The first kappa shape index (κ1) is 19.0. The second kappa shape index (κ2) is 7.97. The molecule has 0 aromatic heterocycles. The topological polar surface area (TPSA) is 63.4 Å². The molecule has 0 saturated heterocycles. The van der Waals surface area contributed by atoms with Gasteiger partial charge in [0.2, 0.25) is 10.0 Å². The lowest BCUT2D eigenvalue weighted by Gasteiger charge is -2.27. The molecule has 7 heteroatoms. The minimum Gasteiger partial charge on any atom is -0.326 e. The number of aryl methyl sites for hydroxylation is 1. The summed E-state index contributed by atoms with van der Waals surface area (Å²) >= 11 is 5.06. The van der Waals surface area contributed by atoms with E-state index < -0.39 is 10.0 Å². The van der Waals surface area contributed by atoms with E-state index in [0.717, 1.165) is 23.3 Å². The Morgan fingerprint density at radius 2 is 2.05 bits per heavy atom. The third kappa shape index (κ3) is 4.22. The minimum atomic E-state index is -3.54. The molecule has 0 saturated carbocycles. The lowest BCUT2D eigenvalue weighted by atomic mass is 10.1. The van der Waals surface area contributed by atoms with Crippen LogP contribution in [-0.2, 0) is 16.6 Å². The van der Waals surface area contributed by atoms with E-state index in [1.807, 2.05) is 26.2 Å². The predicted molar refractivity (Wildman–Crippen MR) is 94.2 cm³/mol. The largest absolute Gasteiger partial charge is 0.326 e. The van der Waals surface area contributed by atoms with E-state index >= 15 is 0 Å². The van der Waals surface area contributed by atoms with Gasteiger partial charge in [0.15, 0.2) is 0 Å². The van der Waals surface area contributed by atoms with E-state index in [2.05, 4.69) is 15.9 Å². The summed E-state index contributed by atoms with van der Waals surface area (Å²) in [6.07, 6.45) is 2.77. The predicted octanol–water partition coefficient (Wildman–Crippen LogP) is 2.98. The molecular formula is C14H23BrN2O2S2. The SMILES string of the molecule is CCC(CSC)N(C)S(=O)(=O)c1cc(CN)cc(C)c1Br. The van der Waals surface area contributed by atoms with Gasteiger partial charge in [0.1, 0.15) is 0 Å². The highest BCUT2D eigenvalue weighted by atomic mass is 79.9. The number of halogens is 1. The van der Waals surface area contributed by atoms with Gasteiger partial charge in [-0.3, -0.25) is 0 Å². The Labute approximate surface area is 140 Å². The number of sulfonamides is 1. The van der Waals surface area contributed by atoms with Gasteiger partial charge in [-0.15, -0.1) is 0 Å². The van der Waals surface area contributed by atoms with Crippen molar-refractivity contribution in [1.29, 1.82) is 0 Å². The Hall–Kier alpha value is -0.0800. The molecule has 0 aliphatic heterocycles. The third-order valence-corrected chi connectivity index (χ3v) is 7.49.